The summed E-state index contributed by atoms with van der Waals surface area (Å²) in [5.74, 6) is -5.25. The van der Waals surface area contributed by atoms with Crippen molar-refractivity contribution in [2.75, 3.05) is 13.7 Å². The molecule has 0 unspecified atom stereocenters. The van der Waals surface area contributed by atoms with Crippen LogP contribution in [0.2, 0.25) is 0 Å². The lowest BCUT2D eigenvalue weighted by molar-refractivity contribution is -0.142. The number of rotatable bonds is 5. The third kappa shape index (κ3) is 3.41. The predicted octanol–water partition coefficient (Wildman–Crippen LogP) is 2.31. The number of ketones is 2. The Kier molecular flexibility index (Phi) is 5.65. The van der Waals surface area contributed by atoms with Gasteiger partial charge in [-0.3, -0.25) is 28.9 Å². The molecular weight excluding hydrogens is 466 g/mol. The van der Waals surface area contributed by atoms with Gasteiger partial charge in [-0.05, 0) is 43.9 Å². The maximum Gasteiger partial charge on any atom is 0.305 e. The SMILES string of the molecule is COc1cccc(O)c1[C@H]1C2=CC[C@@H]3C(=O)N(CCC(=O)O)C(=O)[C@@H]3[C@@H]2CC2=C1C(=O)C=C(C)C2=O. The molecule has 1 aliphatic heterocycles. The van der Waals surface area contributed by atoms with Gasteiger partial charge in [-0.25, -0.2) is 0 Å². The monoisotopic (exact) mass is 491 g/mol. The number of hydrogen-bond donors (Lipinski definition) is 2. The molecule has 2 amide bonds. The van der Waals surface area contributed by atoms with Gasteiger partial charge < -0.3 is 14.9 Å². The van der Waals surface area contributed by atoms with Crippen LogP contribution in [0.1, 0.15) is 37.7 Å². The largest absolute Gasteiger partial charge is 0.507 e. The van der Waals surface area contributed by atoms with Crippen molar-refractivity contribution in [3.63, 3.8) is 0 Å². The molecule has 1 fully saturated rings. The number of benzene rings is 1. The Morgan fingerprint density at radius 1 is 1.14 bits per heavy atom. The fourth-order valence-electron chi connectivity index (χ4n) is 6.21. The molecule has 0 spiro atoms. The molecule has 3 aliphatic carbocycles. The topological polar surface area (TPSA) is 138 Å². The zero-order valence-corrected chi connectivity index (χ0v) is 19.8. The third-order valence-electron chi connectivity index (χ3n) is 7.75. The molecule has 4 atom stereocenters. The number of Topliss-reactive ketones (excluding diaryl/α,β-unsaturated/α-hetero) is 1. The zero-order chi connectivity index (χ0) is 25.9. The number of imide groups is 1. The highest BCUT2D eigenvalue weighted by Gasteiger charge is 2.56. The number of nitrogens with zero attached hydrogens (tertiary/aromatic N) is 1. The molecule has 5 rings (SSSR count). The van der Waals surface area contributed by atoms with Crippen molar-refractivity contribution in [3.05, 3.63) is 58.2 Å². The van der Waals surface area contributed by atoms with Gasteiger partial charge in [-0.2, -0.15) is 0 Å². The van der Waals surface area contributed by atoms with E-state index < -0.39 is 41.5 Å². The molecule has 2 N–H and O–H groups in total. The van der Waals surface area contributed by atoms with Crippen molar-refractivity contribution in [1.82, 2.24) is 4.90 Å². The van der Waals surface area contributed by atoms with Crippen molar-refractivity contribution < 1.29 is 38.9 Å². The van der Waals surface area contributed by atoms with E-state index in [9.17, 15) is 29.1 Å². The second-order valence-corrected chi connectivity index (χ2v) is 9.59. The summed E-state index contributed by atoms with van der Waals surface area (Å²) < 4.78 is 5.51. The van der Waals surface area contributed by atoms with Crippen LogP contribution >= 0.6 is 0 Å². The number of carboxylic acid groups (broad SMARTS) is 1. The molecule has 0 radical (unpaired) electrons. The number of allylic oxidation sites excluding steroid dienone is 6. The Bertz CT molecular complexity index is 1330. The van der Waals surface area contributed by atoms with Crippen molar-refractivity contribution in [3.8, 4) is 11.5 Å². The fraction of sp³-hybridized carbons (Fsp3) is 0.370. The summed E-state index contributed by atoms with van der Waals surface area (Å²) >= 11 is 0. The van der Waals surface area contributed by atoms with Crippen molar-refractivity contribution in [2.45, 2.75) is 32.1 Å². The molecule has 0 aromatic heterocycles. The first-order valence-corrected chi connectivity index (χ1v) is 11.8. The first-order chi connectivity index (χ1) is 17.1. The van der Waals surface area contributed by atoms with E-state index in [1.165, 1.54) is 19.3 Å². The Morgan fingerprint density at radius 2 is 1.89 bits per heavy atom. The van der Waals surface area contributed by atoms with Crippen LogP contribution in [0.4, 0.5) is 0 Å². The summed E-state index contributed by atoms with van der Waals surface area (Å²) in [4.78, 5) is 65.2. The van der Waals surface area contributed by atoms with Crippen LogP contribution in [0, 0.1) is 17.8 Å². The Balaban J connectivity index is 1.67. The van der Waals surface area contributed by atoms with Gasteiger partial charge >= 0.3 is 5.97 Å². The van der Waals surface area contributed by atoms with Gasteiger partial charge in [-0.1, -0.05) is 17.7 Å². The van der Waals surface area contributed by atoms with Gasteiger partial charge in [0, 0.05) is 34.7 Å². The van der Waals surface area contributed by atoms with Crippen molar-refractivity contribution >= 4 is 29.4 Å². The first kappa shape index (κ1) is 23.7. The number of fused-ring (bicyclic) bond motifs is 3. The molecule has 186 valence electrons. The van der Waals surface area contributed by atoms with Crippen LogP contribution in [0.5, 0.6) is 11.5 Å². The lowest BCUT2D eigenvalue weighted by Crippen LogP contribution is -2.40. The van der Waals surface area contributed by atoms with E-state index in [0.717, 1.165) is 4.90 Å². The third-order valence-corrected chi connectivity index (χ3v) is 7.75. The number of phenols is 1. The number of methoxy groups -OCH3 is 1. The van der Waals surface area contributed by atoms with E-state index in [1.54, 1.807) is 19.1 Å². The molecule has 9 nitrogen and oxygen atoms in total. The molecular formula is C27H25NO8. The smallest absolute Gasteiger partial charge is 0.305 e. The van der Waals surface area contributed by atoms with E-state index in [-0.39, 0.29) is 54.3 Å². The van der Waals surface area contributed by atoms with Gasteiger partial charge in [0.25, 0.3) is 0 Å². The summed E-state index contributed by atoms with van der Waals surface area (Å²) in [6, 6.07) is 4.73. The lowest BCUT2D eigenvalue weighted by atomic mass is 9.59. The highest BCUT2D eigenvalue weighted by Crippen LogP contribution is 2.57. The highest BCUT2D eigenvalue weighted by molar-refractivity contribution is 6.23. The molecule has 9 heteroatoms. The quantitative estimate of drug-likeness (QED) is 0.364. The normalized spacial score (nSPS) is 27.3. The fourth-order valence-corrected chi connectivity index (χ4v) is 6.21. The maximum atomic E-state index is 13.5. The summed E-state index contributed by atoms with van der Waals surface area (Å²) in [7, 11) is 1.44. The Labute approximate surface area is 206 Å². The number of carboxylic acids is 1. The van der Waals surface area contributed by atoms with Crippen LogP contribution in [0.3, 0.4) is 0 Å². The van der Waals surface area contributed by atoms with Crippen LogP contribution < -0.4 is 4.74 Å². The number of carbonyl (C=O) groups is 5. The molecule has 1 aromatic carbocycles. The van der Waals surface area contributed by atoms with E-state index >= 15 is 0 Å². The molecule has 1 aromatic rings. The van der Waals surface area contributed by atoms with Crippen LogP contribution in [0.25, 0.3) is 0 Å². The molecule has 1 heterocycles. The minimum Gasteiger partial charge on any atom is -0.507 e. The predicted molar refractivity (Wildman–Crippen MR) is 125 cm³/mol. The second kappa shape index (κ2) is 8.58. The van der Waals surface area contributed by atoms with Gasteiger partial charge in [0.1, 0.15) is 11.5 Å². The number of aliphatic carboxylic acids is 1. The van der Waals surface area contributed by atoms with Crippen LogP contribution in [-0.2, 0) is 24.0 Å². The number of hydrogen-bond acceptors (Lipinski definition) is 7. The van der Waals surface area contributed by atoms with Crippen molar-refractivity contribution in [2.24, 2.45) is 17.8 Å². The van der Waals surface area contributed by atoms with Gasteiger partial charge in [-0.15, -0.1) is 0 Å². The number of aromatic hydroxyl groups is 1. The average Bonchev–Trinajstić information content (AvgIpc) is 3.09. The minimum atomic E-state index is -1.11. The zero-order valence-electron chi connectivity index (χ0n) is 19.8. The minimum absolute atomic E-state index is 0.107. The number of phenolic OH excluding ortho intramolecular Hbond substituents is 1. The van der Waals surface area contributed by atoms with Crippen LogP contribution in [0.15, 0.2) is 52.6 Å². The number of amides is 2. The maximum absolute atomic E-state index is 13.5. The molecule has 36 heavy (non-hydrogen) atoms. The average molecular weight is 491 g/mol. The Morgan fingerprint density at radius 3 is 2.58 bits per heavy atom. The van der Waals surface area contributed by atoms with E-state index in [1.807, 2.05) is 6.08 Å². The summed E-state index contributed by atoms with van der Waals surface area (Å²) in [6.07, 6.45) is 3.12. The summed E-state index contributed by atoms with van der Waals surface area (Å²) in [6.45, 7) is 1.35. The second-order valence-electron chi connectivity index (χ2n) is 9.59. The lowest BCUT2D eigenvalue weighted by Gasteiger charge is -2.42. The molecule has 0 saturated carbocycles. The van der Waals surface area contributed by atoms with E-state index in [2.05, 4.69) is 0 Å². The highest BCUT2D eigenvalue weighted by atomic mass is 16.5. The van der Waals surface area contributed by atoms with E-state index in [4.69, 9.17) is 9.84 Å². The first-order valence-electron chi connectivity index (χ1n) is 11.8. The number of likely N-dealkylation sites (tertiary alicyclic amines) is 1. The molecule has 1 saturated heterocycles. The number of carbonyl (C=O) groups excluding carboxylic acids is 4. The van der Waals surface area contributed by atoms with Crippen molar-refractivity contribution in [1.29, 1.82) is 0 Å². The van der Waals surface area contributed by atoms with Crippen LogP contribution in [-0.4, -0.2) is 58.1 Å². The number of ether oxygens (including phenoxy) is 1. The Hall–Kier alpha value is -4.01. The van der Waals surface area contributed by atoms with E-state index in [0.29, 0.717) is 22.5 Å². The standard InChI is InChI=1S/C27H25NO8/c1-12-10-18(30)22-16(25(12)33)11-15-13(23(22)24-17(29)4-3-5-19(24)36-2)6-7-14-21(15)27(35)28(26(14)34)9-8-20(31)32/h3-6,10,14-15,21,23,29H,7-9,11H2,1-2H3,(H,31,32)/t14-,15+,21-,23-/m0/s1. The van der Waals surface area contributed by atoms with Gasteiger partial charge in [0.05, 0.1) is 25.4 Å². The van der Waals surface area contributed by atoms with Gasteiger partial charge in [0.2, 0.25) is 11.8 Å². The summed E-state index contributed by atoms with van der Waals surface area (Å²) in [5.41, 5.74) is 1.84. The molecule has 0 bridgehead atoms. The molecule has 4 aliphatic rings. The summed E-state index contributed by atoms with van der Waals surface area (Å²) in [5, 5.41) is 19.9. The van der Waals surface area contributed by atoms with Gasteiger partial charge in [0.15, 0.2) is 11.6 Å².